The Kier molecular flexibility index (Phi) is 4.40. The van der Waals surface area contributed by atoms with Crippen molar-refractivity contribution in [2.75, 3.05) is 6.54 Å². The lowest BCUT2D eigenvalue weighted by atomic mass is 9.88. The molecule has 148 valence electrons. The summed E-state index contributed by atoms with van der Waals surface area (Å²) in [6.07, 6.45) is -2.71. The van der Waals surface area contributed by atoms with E-state index in [0.29, 0.717) is 18.0 Å². The number of urea groups is 1. The Bertz CT molecular complexity index is 893. The van der Waals surface area contributed by atoms with Crippen molar-refractivity contribution in [3.05, 3.63) is 70.8 Å². The summed E-state index contributed by atoms with van der Waals surface area (Å²) in [5.41, 5.74) is 1.90. The molecule has 2 aliphatic rings. The topological polar surface area (TPSA) is 32.3 Å². The molecule has 1 heterocycles. The number of hydrogen-bond donors (Lipinski definition) is 1. The van der Waals surface area contributed by atoms with E-state index in [1.807, 2.05) is 31.2 Å². The number of rotatable bonds is 2. The molecule has 2 unspecified atom stereocenters. The van der Waals surface area contributed by atoms with E-state index in [-0.39, 0.29) is 11.6 Å². The predicted molar refractivity (Wildman–Crippen MR) is 101 cm³/mol. The van der Waals surface area contributed by atoms with Gasteiger partial charge in [-0.05, 0) is 54.5 Å². The molecule has 28 heavy (non-hydrogen) atoms. The number of carbonyl (C=O) groups excluding carboxylic acids is 1. The third-order valence-corrected chi connectivity index (χ3v) is 6.15. The largest absolute Gasteiger partial charge is 0.416 e. The number of alkyl halides is 3. The second-order valence-electron chi connectivity index (χ2n) is 8.12. The average molecular weight is 388 g/mol. The van der Waals surface area contributed by atoms with Crippen molar-refractivity contribution in [1.82, 2.24) is 10.2 Å². The van der Waals surface area contributed by atoms with Crippen LogP contribution >= 0.6 is 0 Å². The Hall–Kier alpha value is -2.50. The molecule has 0 radical (unpaired) electrons. The molecule has 6 heteroatoms. The monoisotopic (exact) mass is 388 g/mol. The molecule has 4 rings (SSSR count). The molecule has 2 aromatic rings. The van der Waals surface area contributed by atoms with Crippen LogP contribution in [0, 0.1) is 5.92 Å². The van der Waals surface area contributed by atoms with E-state index in [9.17, 15) is 18.0 Å². The summed E-state index contributed by atoms with van der Waals surface area (Å²) >= 11 is 0. The Morgan fingerprint density at radius 1 is 1.14 bits per heavy atom. The molecular formula is C22H23F3N2O. The summed E-state index contributed by atoms with van der Waals surface area (Å²) in [4.78, 5) is 14.8. The van der Waals surface area contributed by atoms with Gasteiger partial charge in [-0.15, -0.1) is 0 Å². The quantitative estimate of drug-likeness (QED) is 0.757. The zero-order valence-electron chi connectivity index (χ0n) is 15.9. The smallest absolute Gasteiger partial charge is 0.333 e. The molecule has 0 saturated heterocycles. The average Bonchev–Trinajstić information content (AvgIpc) is 3.25. The highest BCUT2D eigenvalue weighted by Crippen LogP contribution is 2.43. The van der Waals surface area contributed by atoms with Gasteiger partial charge in [0.25, 0.3) is 0 Å². The molecule has 1 aliphatic carbocycles. The minimum absolute atomic E-state index is 0.161. The lowest BCUT2D eigenvalue weighted by Gasteiger charge is -2.38. The lowest BCUT2D eigenvalue weighted by molar-refractivity contribution is -0.137. The Labute approximate surface area is 162 Å². The SMILES string of the molecule is CC1CC1(C)NC(=O)N1CCc2ccccc2[C@H]1c1ccc(C(F)(F)F)cc1. The molecule has 1 N–H and O–H groups in total. The summed E-state index contributed by atoms with van der Waals surface area (Å²) in [5.74, 6) is 0.429. The standard InChI is InChI=1S/C22H23F3N2O/c1-14-13-21(14,2)26-20(28)27-12-11-15-5-3-4-6-18(15)19(27)16-7-9-17(10-8-16)22(23,24)25/h3-10,14,19H,11-13H2,1-2H3,(H,26,28)/t14?,19-,21?/m1/s1. The van der Waals surface area contributed by atoms with Gasteiger partial charge in [-0.2, -0.15) is 13.2 Å². The van der Waals surface area contributed by atoms with Crippen LogP contribution in [0.5, 0.6) is 0 Å². The fourth-order valence-electron chi connectivity index (χ4n) is 4.07. The molecule has 0 spiro atoms. The molecule has 2 amide bonds. The highest BCUT2D eigenvalue weighted by atomic mass is 19.4. The van der Waals surface area contributed by atoms with Gasteiger partial charge in [0.05, 0.1) is 11.6 Å². The molecule has 2 aromatic carbocycles. The number of fused-ring (bicyclic) bond motifs is 1. The van der Waals surface area contributed by atoms with Crippen LogP contribution in [0.15, 0.2) is 48.5 Å². The van der Waals surface area contributed by atoms with Crippen LogP contribution in [0.2, 0.25) is 0 Å². The van der Waals surface area contributed by atoms with Gasteiger partial charge < -0.3 is 10.2 Å². The van der Waals surface area contributed by atoms with Gasteiger partial charge in [0.2, 0.25) is 0 Å². The Morgan fingerprint density at radius 2 is 1.79 bits per heavy atom. The van der Waals surface area contributed by atoms with Gasteiger partial charge in [0.15, 0.2) is 0 Å². The van der Waals surface area contributed by atoms with Gasteiger partial charge >= 0.3 is 12.2 Å². The second-order valence-corrected chi connectivity index (χ2v) is 8.12. The van der Waals surface area contributed by atoms with Crippen LogP contribution in [0.25, 0.3) is 0 Å². The summed E-state index contributed by atoms with van der Waals surface area (Å²) in [6, 6.07) is 12.4. The molecular weight excluding hydrogens is 365 g/mol. The zero-order valence-corrected chi connectivity index (χ0v) is 15.9. The maximum absolute atomic E-state index is 13.1. The number of halogens is 3. The fourth-order valence-corrected chi connectivity index (χ4v) is 4.07. The van der Waals surface area contributed by atoms with E-state index in [1.165, 1.54) is 12.1 Å². The third kappa shape index (κ3) is 3.36. The predicted octanol–water partition coefficient (Wildman–Crippen LogP) is 5.16. The van der Waals surface area contributed by atoms with Crippen LogP contribution in [-0.4, -0.2) is 23.0 Å². The van der Waals surface area contributed by atoms with Gasteiger partial charge in [-0.25, -0.2) is 4.79 Å². The lowest BCUT2D eigenvalue weighted by Crippen LogP contribution is -2.49. The van der Waals surface area contributed by atoms with E-state index in [1.54, 1.807) is 4.90 Å². The number of nitrogens with one attached hydrogen (secondary N) is 1. The zero-order chi connectivity index (χ0) is 20.1. The molecule has 0 bridgehead atoms. The highest BCUT2D eigenvalue weighted by Gasteiger charge is 2.49. The Morgan fingerprint density at radius 3 is 2.39 bits per heavy atom. The van der Waals surface area contributed by atoms with Crippen molar-refractivity contribution in [1.29, 1.82) is 0 Å². The third-order valence-electron chi connectivity index (χ3n) is 6.15. The fraction of sp³-hybridized carbons (Fsp3) is 0.409. The first-order valence-corrected chi connectivity index (χ1v) is 9.53. The van der Waals surface area contributed by atoms with Crippen molar-refractivity contribution in [3.8, 4) is 0 Å². The summed E-state index contributed by atoms with van der Waals surface area (Å²) in [7, 11) is 0. The number of nitrogens with zero attached hydrogens (tertiary/aromatic N) is 1. The highest BCUT2D eigenvalue weighted by molar-refractivity contribution is 5.77. The van der Waals surface area contributed by atoms with Crippen LogP contribution in [0.3, 0.4) is 0 Å². The number of carbonyl (C=O) groups is 1. The summed E-state index contributed by atoms with van der Waals surface area (Å²) in [6.45, 7) is 4.65. The van der Waals surface area contributed by atoms with E-state index < -0.39 is 17.8 Å². The van der Waals surface area contributed by atoms with Crippen molar-refractivity contribution >= 4 is 6.03 Å². The van der Waals surface area contributed by atoms with Crippen molar-refractivity contribution in [2.24, 2.45) is 5.92 Å². The van der Waals surface area contributed by atoms with E-state index in [2.05, 4.69) is 12.2 Å². The maximum Gasteiger partial charge on any atom is 0.416 e. The van der Waals surface area contributed by atoms with Gasteiger partial charge in [0.1, 0.15) is 0 Å². The molecule has 3 atom stereocenters. The van der Waals surface area contributed by atoms with E-state index in [4.69, 9.17) is 0 Å². The summed E-state index contributed by atoms with van der Waals surface area (Å²) in [5, 5.41) is 3.12. The normalized spacial score (nSPS) is 26.5. The second kappa shape index (κ2) is 6.54. The van der Waals surface area contributed by atoms with Gasteiger partial charge in [-0.3, -0.25) is 0 Å². The maximum atomic E-state index is 13.1. The molecule has 0 aromatic heterocycles. The van der Waals surface area contributed by atoms with Crippen molar-refractivity contribution in [2.45, 2.75) is 44.4 Å². The van der Waals surface area contributed by atoms with Crippen LogP contribution < -0.4 is 5.32 Å². The van der Waals surface area contributed by atoms with Gasteiger partial charge in [-0.1, -0.05) is 43.3 Å². The van der Waals surface area contributed by atoms with Gasteiger partial charge in [0, 0.05) is 12.1 Å². The van der Waals surface area contributed by atoms with E-state index >= 15 is 0 Å². The first kappa shape index (κ1) is 18.8. The first-order chi connectivity index (χ1) is 13.2. The Balaban J connectivity index is 1.69. The van der Waals surface area contributed by atoms with Crippen LogP contribution in [0.4, 0.5) is 18.0 Å². The van der Waals surface area contributed by atoms with Crippen LogP contribution in [-0.2, 0) is 12.6 Å². The minimum Gasteiger partial charge on any atom is -0.333 e. The molecule has 1 fully saturated rings. The minimum atomic E-state index is -4.38. The van der Waals surface area contributed by atoms with E-state index in [0.717, 1.165) is 36.1 Å². The molecule has 1 aliphatic heterocycles. The van der Waals surface area contributed by atoms with Crippen molar-refractivity contribution in [3.63, 3.8) is 0 Å². The first-order valence-electron chi connectivity index (χ1n) is 9.53. The van der Waals surface area contributed by atoms with Crippen LogP contribution in [0.1, 0.15) is 48.6 Å². The molecule has 3 nitrogen and oxygen atoms in total. The number of benzene rings is 2. The summed E-state index contributed by atoms with van der Waals surface area (Å²) < 4.78 is 38.9. The molecule has 1 saturated carbocycles. The number of amides is 2. The van der Waals surface area contributed by atoms with Crippen molar-refractivity contribution < 1.29 is 18.0 Å². The number of hydrogen-bond acceptors (Lipinski definition) is 1.